The van der Waals surface area contributed by atoms with E-state index >= 15 is 0 Å². The van der Waals surface area contributed by atoms with Crippen LogP contribution in [0.5, 0.6) is 0 Å². The number of rotatable bonds is 3. The summed E-state index contributed by atoms with van der Waals surface area (Å²) >= 11 is 0. The molecule has 0 amide bonds. The molecule has 5 nitrogen and oxygen atoms in total. The van der Waals surface area contributed by atoms with Crippen LogP contribution in [0.15, 0.2) is 36.9 Å². The number of benzene rings is 1. The highest BCUT2D eigenvalue weighted by Crippen LogP contribution is 2.25. The minimum atomic E-state index is 0.378. The van der Waals surface area contributed by atoms with Crippen molar-refractivity contribution < 1.29 is 0 Å². The van der Waals surface area contributed by atoms with Crippen molar-refractivity contribution in [1.29, 1.82) is 0 Å². The molecule has 2 aromatic rings. The van der Waals surface area contributed by atoms with Crippen molar-refractivity contribution in [3.05, 3.63) is 36.9 Å². The number of aromatic nitrogens is 3. The maximum atomic E-state index is 5.95. The quantitative estimate of drug-likeness (QED) is 0.881. The summed E-state index contributed by atoms with van der Waals surface area (Å²) in [6.07, 6.45) is 7.74. The molecule has 1 aromatic carbocycles. The van der Waals surface area contributed by atoms with Crippen LogP contribution in [0.4, 0.5) is 5.69 Å². The molecule has 1 saturated carbocycles. The zero-order chi connectivity index (χ0) is 13.1. The molecular weight excluding hydrogens is 238 g/mol. The van der Waals surface area contributed by atoms with Gasteiger partial charge in [-0.2, -0.15) is 5.10 Å². The number of hydrogen-bond donors (Lipinski definition) is 2. The third kappa shape index (κ3) is 2.76. The average molecular weight is 257 g/mol. The van der Waals surface area contributed by atoms with E-state index in [0.717, 1.165) is 37.1 Å². The summed E-state index contributed by atoms with van der Waals surface area (Å²) in [5.74, 6) is 0. The van der Waals surface area contributed by atoms with E-state index in [4.69, 9.17) is 5.73 Å². The van der Waals surface area contributed by atoms with E-state index in [2.05, 4.69) is 21.5 Å². The predicted molar refractivity (Wildman–Crippen MR) is 75.2 cm³/mol. The van der Waals surface area contributed by atoms with Gasteiger partial charge in [-0.25, -0.2) is 9.67 Å². The molecule has 1 heterocycles. The maximum absolute atomic E-state index is 5.95. The first-order chi connectivity index (χ1) is 9.33. The highest BCUT2D eigenvalue weighted by atomic mass is 15.3. The van der Waals surface area contributed by atoms with Gasteiger partial charge in [-0.3, -0.25) is 0 Å². The lowest BCUT2D eigenvalue weighted by Crippen LogP contribution is -2.33. The highest BCUT2D eigenvalue weighted by molar-refractivity contribution is 5.60. The summed E-state index contributed by atoms with van der Waals surface area (Å²) < 4.78 is 1.79. The largest absolute Gasteiger partial charge is 0.381 e. The molecule has 0 bridgehead atoms. The van der Waals surface area contributed by atoms with Gasteiger partial charge < -0.3 is 11.1 Å². The summed E-state index contributed by atoms with van der Waals surface area (Å²) in [5, 5.41) is 7.81. The number of nitrogens with zero attached hydrogens (tertiary/aromatic N) is 3. The van der Waals surface area contributed by atoms with Crippen LogP contribution in [-0.4, -0.2) is 26.8 Å². The number of hydrogen-bond acceptors (Lipinski definition) is 4. The Balaban J connectivity index is 1.78. The molecule has 0 saturated heterocycles. The molecule has 3 N–H and O–H groups in total. The van der Waals surface area contributed by atoms with Gasteiger partial charge in [0, 0.05) is 12.1 Å². The van der Waals surface area contributed by atoms with E-state index in [1.54, 1.807) is 17.3 Å². The Morgan fingerprint density at radius 2 is 1.95 bits per heavy atom. The van der Waals surface area contributed by atoms with Crippen LogP contribution in [0, 0.1) is 0 Å². The van der Waals surface area contributed by atoms with Crippen LogP contribution >= 0.6 is 0 Å². The summed E-state index contributed by atoms with van der Waals surface area (Å²) in [7, 11) is 0. The standard InChI is InChI=1S/C14H19N5/c15-11-5-7-12(8-6-11)18-13-3-1-2-4-14(13)19-10-16-9-17-19/h1-4,9-12,18H,5-8,15H2. The molecule has 0 aliphatic heterocycles. The van der Waals surface area contributed by atoms with Crippen LogP contribution in [-0.2, 0) is 0 Å². The van der Waals surface area contributed by atoms with E-state index < -0.39 is 0 Å². The first-order valence-electron chi connectivity index (χ1n) is 6.79. The molecule has 0 radical (unpaired) electrons. The van der Waals surface area contributed by atoms with Crippen molar-refractivity contribution in [1.82, 2.24) is 14.8 Å². The van der Waals surface area contributed by atoms with Crippen molar-refractivity contribution in [2.24, 2.45) is 5.73 Å². The second-order valence-electron chi connectivity index (χ2n) is 5.11. The van der Waals surface area contributed by atoms with Crippen LogP contribution < -0.4 is 11.1 Å². The molecule has 3 rings (SSSR count). The SMILES string of the molecule is NC1CCC(Nc2ccccc2-n2cncn2)CC1. The van der Waals surface area contributed by atoms with Crippen molar-refractivity contribution in [2.45, 2.75) is 37.8 Å². The molecule has 1 fully saturated rings. The number of nitrogens with two attached hydrogens (primary N) is 1. The lowest BCUT2D eigenvalue weighted by Gasteiger charge is -2.28. The topological polar surface area (TPSA) is 68.8 Å². The molecule has 1 aromatic heterocycles. The fraction of sp³-hybridized carbons (Fsp3) is 0.429. The Morgan fingerprint density at radius 3 is 2.68 bits per heavy atom. The Hall–Kier alpha value is -1.88. The minimum absolute atomic E-state index is 0.378. The molecule has 1 aliphatic rings. The lowest BCUT2D eigenvalue weighted by molar-refractivity contribution is 0.411. The molecule has 19 heavy (non-hydrogen) atoms. The zero-order valence-electron chi connectivity index (χ0n) is 10.9. The van der Waals surface area contributed by atoms with Crippen LogP contribution in [0.25, 0.3) is 5.69 Å². The van der Waals surface area contributed by atoms with E-state index in [1.165, 1.54) is 0 Å². The van der Waals surface area contributed by atoms with Gasteiger partial charge in [0.25, 0.3) is 0 Å². The van der Waals surface area contributed by atoms with Crippen molar-refractivity contribution >= 4 is 5.69 Å². The summed E-state index contributed by atoms with van der Waals surface area (Å²) in [5.41, 5.74) is 8.09. The van der Waals surface area contributed by atoms with Gasteiger partial charge in [-0.15, -0.1) is 0 Å². The van der Waals surface area contributed by atoms with E-state index in [1.807, 2.05) is 18.2 Å². The maximum Gasteiger partial charge on any atom is 0.138 e. The monoisotopic (exact) mass is 257 g/mol. The third-order valence-electron chi connectivity index (χ3n) is 3.70. The predicted octanol–water partition coefficient (Wildman–Crippen LogP) is 1.95. The Morgan fingerprint density at radius 1 is 1.16 bits per heavy atom. The minimum Gasteiger partial charge on any atom is -0.381 e. The van der Waals surface area contributed by atoms with Gasteiger partial charge in [0.15, 0.2) is 0 Å². The molecule has 5 heteroatoms. The van der Waals surface area contributed by atoms with Gasteiger partial charge >= 0.3 is 0 Å². The second kappa shape index (κ2) is 5.40. The molecule has 0 unspecified atom stereocenters. The Labute approximate surface area is 112 Å². The molecule has 0 atom stereocenters. The summed E-state index contributed by atoms with van der Waals surface area (Å²) in [6, 6.07) is 9.07. The van der Waals surface area contributed by atoms with Crippen molar-refractivity contribution in [2.75, 3.05) is 5.32 Å². The fourth-order valence-corrected chi connectivity index (χ4v) is 2.61. The first-order valence-corrected chi connectivity index (χ1v) is 6.79. The zero-order valence-corrected chi connectivity index (χ0v) is 10.9. The van der Waals surface area contributed by atoms with Crippen molar-refractivity contribution in [3.63, 3.8) is 0 Å². The average Bonchev–Trinajstić information content (AvgIpc) is 2.96. The smallest absolute Gasteiger partial charge is 0.138 e. The van der Waals surface area contributed by atoms with Crippen molar-refractivity contribution in [3.8, 4) is 5.69 Å². The fourth-order valence-electron chi connectivity index (χ4n) is 2.61. The second-order valence-corrected chi connectivity index (χ2v) is 5.11. The van der Waals surface area contributed by atoms with Gasteiger partial charge in [-0.05, 0) is 37.8 Å². The third-order valence-corrected chi connectivity index (χ3v) is 3.70. The molecule has 100 valence electrons. The van der Waals surface area contributed by atoms with Gasteiger partial charge in [-0.1, -0.05) is 12.1 Å². The van der Waals surface area contributed by atoms with Crippen LogP contribution in [0.3, 0.4) is 0 Å². The highest BCUT2D eigenvalue weighted by Gasteiger charge is 2.19. The normalized spacial score (nSPS) is 23.2. The van der Waals surface area contributed by atoms with E-state index in [0.29, 0.717) is 12.1 Å². The van der Waals surface area contributed by atoms with E-state index in [9.17, 15) is 0 Å². The van der Waals surface area contributed by atoms with Gasteiger partial charge in [0.1, 0.15) is 12.7 Å². The number of nitrogens with one attached hydrogen (secondary N) is 1. The molecule has 0 spiro atoms. The number of para-hydroxylation sites is 2. The van der Waals surface area contributed by atoms with Gasteiger partial charge in [0.2, 0.25) is 0 Å². The molecule has 1 aliphatic carbocycles. The van der Waals surface area contributed by atoms with Crippen LogP contribution in [0.2, 0.25) is 0 Å². The Bertz CT molecular complexity index is 514. The first kappa shape index (κ1) is 12.2. The molecular formula is C14H19N5. The van der Waals surface area contributed by atoms with Gasteiger partial charge in [0.05, 0.1) is 11.4 Å². The van der Waals surface area contributed by atoms with Crippen LogP contribution in [0.1, 0.15) is 25.7 Å². The summed E-state index contributed by atoms with van der Waals surface area (Å²) in [4.78, 5) is 4.00. The number of anilines is 1. The summed E-state index contributed by atoms with van der Waals surface area (Å²) in [6.45, 7) is 0. The Kier molecular flexibility index (Phi) is 3.46. The lowest BCUT2D eigenvalue weighted by atomic mass is 9.91. The van der Waals surface area contributed by atoms with E-state index in [-0.39, 0.29) is 0 Å².